The van der Waals surface area contributed by atoms with Gasteiger partial charge in [0.15, 0.2) is 30.5 Å². The first-order valence-corrected chi connectivity index (χ1v) is 21.6. The van der Waals surface area contributed by atoms with E-state index >= 15 is 0 Å². The van der Waals surface area contributed by atoms with E-state index in [-0.39, 0.29) is 6.61 Å². The molecule has 0 aromatic heterocycles. The average molecular weight is 884 g/mol. The van der Waals surface area contributed by atoms with Crippen LogP contribution < -0.4 is 10.4 Å². The van der Waals surface area contributed by atoms with Gasteiger partial charge in [-0.05, 0) is 15.4 Å². The third-order valence-corrected chi connectivity index (χ3v) is 14.7. The van der Waals surface area contributed by atoms with E-state index in [1.165, 1.54) is 0 Å². The number of allylic oxidation sites excluding steroid dienone is 1. The summed E-state index contributed by atoms with van der Waals surface area (Å²) in [4.78, 5) is 76.1. The van der Waals surface area contributed by atoms with Crippen molar-refractivity contribution in [2.45, 2.75) is 122 Å². The molecule has 0 radical (unpaired) electrons. The predicted molar refractivity (Wildman–Crippen MR) is 216 cm³/mol. The molecule has 0 N–H and O–H groups in total. The van der Waals surface area contributed by atoms with E-state index in [2.05, 4.69) is 0 Å². The van der Waals surface area contributed by atoms with E-state index < -0.39 is 117 Å². The molecule has 336 valence electrons. The molecule has 0 unspecified atom stereocenters. The lowest BCUT2D eigenvalue weighted by atomic mass is 9.97. The second-order valence-corrected chi connectivity index (χ2v) is 19.8. The maximum atomic E-state index is 13.0. The minimum absolute atomic E-state index is 0.320. The molecule has 2 aliphatic rings. The predicted octanol–water partition coefficient (Wildman–Crippen LogP) is 2.68. The van der Waals surface area contributed by atoms with E-state index in [1.54, 1.807) is 6.07 Å². The van der Waals surface area contributed by atoms with E-state index in [4.69, 9.17) is 57.1 Å². The molecular formula is C43H53NO17Si. The highest BCUT2D eigenvalue weighted by molar-refractivity contribution is 6.99. The number of hydrogen-bond donors (Lipinski definition) is 0. The Kier molecular flexibility index (Phi) is 16.9. The van der Waals surface area contributed by atoms with Gasteiger partial charge >= 0.3 is 35.8 Å². The summed E-state index contributed by atoms with van der Waals surface area (Å²) in [5.74, 6) is -7.67. The maximum Gasteiger partial charge on any atom is 0.303 e. The fourth-order valence-electron chi connectivity index (χ4n) is 7.56. The molecule has 2 aromatic carbocycles. The van der Waals surface area contributed by atoms with Crippen LogP contribution in [0.3, 0.4) is 0 Å². The Hall–Kier alpha value is -5.65. The molecule has 2 aromatic rings. The molecule has 2 aliphatic heterocycles. The lowest BCUT2D eigenvalue weighted by Crippen LogP contribution is -2.67. The fraction of sp³-hybridized carbons (Fsp3) is 0.512. The van der Waals surface area contributed by atoms with Crippen LogP contribution in [0.25, 0.3) is 0 Å². The number of ether oxygens (including phenoxy) is 10. The first kappa shape index (κ1) is 49.0. The molecule has 2 heterocycles. The van der Waals surface area contributed by atoms with Crippen molar-refractivity contribution >= 4 is 54.5 Å². The Morgan fingerprint density at radius 3 is 1.66 bits per heavy atom. The minimum atomic E-state index is -3.34. The zero-order valence-electron chi connectivity index (χ0n) is 36.1. The number of esters is 6. The highest BCUT2D eigenvalue weighted by Gasteiger charge is 2.65. The highest BCUT2D eigenvalue weighted by atomic mass is 28.4. The van der Waals surface area contributed by atoms with Crippen LogP contribution in [0.1, 0.15) is 62.3 Å². The number of nitriles is 1. The molecule has 0 amide bonds. The molecule has 0 aliphatic carbocycles. The van der Waals surface area contributed by atoms with Gasteiger partial charge in [-0.1, -0.05) is 81.4 Å². The van der Waals surface area contributed by atoms with Crippen molar-refractivity contribution in [1.82, 2.24) is 0 Å². The molecule has 2 saturated heterocycles. The lowest BCUT2D eigenvalue weighted by molar-refractivity contribution is -0.384. The number of benzene rings is 2. The summed E-state index contributed by atoms with van der Waals surface area (Å²) in [5.41, 5.74) is 0. The van der Waals surface area contributed by atoms with Gasteiger partial charge in [0.25, 0.3) is 8.32 Å². The number of nitrogens with zero attached hydrogens (tertiary/aromatic N) is 1. The van der Waals surface area contributed by atoms with Crippen LogP contribution >= 0.6 is 0 Å². The second-order valence-electron chi connectivity index (χ2n) is 15.5. The van der Waals surface area contributed by atoms with Crippen molar-refractivity contribution in [3.63, 3.8) is 0 Å². The molecule has 19 heteroatoms. The van der Waals surface area contributed by atoms with Gasteiger partial charge in [0.05, 0.1) is 25.0 Å². The largest absolute Gasteiger partial charge is 0.498 e. The van der Waals surface area contributed by atoms with Crippen molar-refractivity contribution in [3.8, 4) is 6.07 Å². The van der Waals surface area contributed by atoms with Crippen molar-refractivity contribution in [3.05, 3.63) is 73.0 Å². The van der Waals surface area contributed by atoms with Crippen molar-refractivity contribution < 1.29 is 80.6 Å². The average Bonchev–Trinajstić information content (AvgIpc) is 3.45. The molecule has 9 atom stereocenters. The number of carbonyl (C=O) groups is 6. The molecule has 0 saturated carbocycles. The van der Waals surface area contributed by atoms with Crippen LogP contribution in [0.2, 0.25) is 5.04 Å². The fourth-order valence-corrected chi connectivity index (χ4v) is 12.1. The van der Waals surface area contributed by atoms with Crippen LogP contribution in [0.15, 0.2) is 73.0 Å². The Bertz CT molecular complexity index is 1930. The normalized spacial score (nSPS) is 26.1. The number of rotatable bonds is 17. The zero-order valence-corrected chi connectivity index (χ0v) is 37.1. The third-order valence-electron chi connectivity index (χ3n) is 9.71. The van der Waals surface area contributed by atoms with Gasteiger partial charge in [-0.25, -0.2) is 0 Å². The number of carbonyl (C=O) groups excluding carboxylic acids is 6. The summed E-state index contributed by atoms with van der Waals surface area (Å²) < 4.78 is 66.1. The summed E-state index contributed by atoms with van der Waals surface area (Å²) in [5, 5.41) is 10.3. The van der Waals surface area contributed by atoms with E-state index in [0.29, 0.717) is 0 Å². The molecule has 4 rings (SSSR count). The Morgan fingerprint density at radius 1 is 0.677 bits per heavy atom. The summed E-state index contributed by atoms with van der Waals surface area (Å²) >= 11 is 0. The van der Waals surface area contributed by atoms with Gasteiger partial charge in [-0.3, -0.25) is 28.8 Å². The van der Waals surface area contributed by atoms with E-state index in [0.717, 1.165) is 64.3 Å². The summed E-state index contributed by atoms with van der Waals surface area (Å²) in [6.45, 7) is 11.0. The molecule has 2 fully saturated rings. The smallest absolute Gasteiger partial charge is 0.303 e. The lowest BCUT2D eigenvalue weighted by Gasteiger charge is -2.46. The van der Waals surface area contributed by atoms with Crippen LogP contribution in [0, 0.1) is 11.3 Å². The standard InChI is InChI=1S/C43H53NO17Si/c1-26(45)52-25-43(61-41-39(57-30(5)49)38(56-29(4)48)36(54-27(2)46)34(59-41)23-51-22-16-21-44)40(58-31(6)50)37(55-28(3)47)35(60-43)24-53-62(42(7,8)9,32-17-12-10-13-18-32)33-19-14-11-15-20-33/h10-20,22,34-41H,23-25H2,1-9H3/b22-16-/t34-,35-,36-,37-,38+,39-,40+,41-,43+/m1/s1. The van der Waals surface area contributed by atoms with Gasteiger partial charge in [-0.15, -0.1) is 0 Å². The molecule has 62 heavy (non-hydrogen) atoms. The molecule has 18 nitrogen and oxygen atoms in total. The van der Waals surface area contributed by atoms with Gasteiger partial charge < -0.3 is 51.8 Å². The summed E-state index contributed by atoms with van der Waals surface area (Å²) in [6.07, 6.45) is -10.7. The van der Waals surface area contributed by atoms with Crippen LogP contribution in [0.5, 0.6) is 0 Å². The molecule has 0 bridgehead atoms. The third kappa shape index (κ3) is 12.0. The topological polar surface area (TPSA) is 228 Å². The second kappa shape index (κ2) is 21.4. The Balaban J connectivity index is 1.93. The Morgan fingerprint density at radius 2 is 1.18 bits per heavy atom. The highest BCUT2D eigenvalue weighted by Crippen LogP contribution is 2.43. The van der Waals surface area contributed by atoms with Gasteiger partial charge in [-0.2, -0.15) is 5.26 Å². The number of hydrogen-bond acceptors (Lipinski definition) is 18. The minimum Gasteiger partial charge on any atom is -0.498 e. The quantitative estimate of drug-likeness (QED) is 0.0731. The van der Waals surface area contributed by atoms with Gasteiger partial charge in [0.2, 0.25) is 12.1 Å². The van der Waals surface area contributed by atoms with Gasteiger partial charge in [0.1, 0.15) is 25.4 Å². The van der Waals surface area contributed by atoms with Crippen molar-refractivity contribution in [1.29, 1.82) is 5.26 Å². The van der Waals surface area contributed by atoms with Crippen molar-refractivity contribution in [2.75, 3.05) is 19.8 Å². The van der Waals surface area contributed by atoms with Gasteiger partial charge in [0, 0.05) is 41.5 Å². The zero-order chi connectivity index (χ0) is 45.8. The monoisotopic (exact) mass is 883 g/mol. The maximum absolute atomic E-state index is 13.0. The van der Waals surface area contributed by atoms with Crippen LogP contribution in [-0.2, 0) is 80.6 Å². The van der Waals surface area contributed by atoms with Crippen LogP contribution in [-0.4, -0.2) is 119 Å². The first-order chi connectivity index (χ1) is 29.2. The van der Waals surface area contributed by atoms with E-state index in [1.807, 2.05) is 81.4 Å². The van der Waals surface area contributed by atoms with E-state index in [9.17, 15) is 28.8 Å². The SMILES string of the molecule is CC(=O)OC[C@@]1(O[C@H]2O[C@H](CO/C=C\C#N)[C@@H](OC(C)=O)[C@H](OC(C)=O)[C@H]2OC(C)=O)O[C@H](CO[Si](c2ccccc2)(c2ccccc2)C(C)(C)C)[C@@H](OC(C)=O)[C@@H]1OC(C)=O. The van der Waals surface area contributed by atoms with Crippen LogP contribution in [0.4, 0.5) is 0 Å². The first-order valence-electron chi connectivity index (χ1n) is 19.7. The molecule has 0 spiro atoms. The van der Waals surface area contributed by atoms with Crippen molar-refractivity contribution in [2.24, 2.45) is 0 Å². The Labute approximate surface area is 360 Å². The summed E-state index contributed by atoms with van der Waals surface area (Å²) in [6, 6.07) is 21.0. The molecular weight excluding hydrogens is 831 g/mol. The summed E-state index contributed by atoms with van der Waals surface area (Å²) in [7, 11) is -3.34.